The molecule has 1 aromatic carbocycles. The fourth-order valence-corrected chi connectivity index (χ4v) is 5.23. The lowest BCUT2D eigenvalue weighted by Crippen LogP contribution is -2.44. The van der Waals surface area contributed by atoms with E-state index in [1.807, 2.05) is 19.1 Å². The van der Waals surface area contributed by atoms with Gasteiger partial charge in [0.2, 0.25) is 10.0 Å². The summed E-state index contributed by atoms with van der Waals surface area (Å²) in [5.41, 5.74) is 8.51. The van der Waals surface area contributed by atoms with Crippen molar-refractivity contribution in [2.45, 2.75) is 56.4 Å². The number of benzene rings is 1. The van der Waals surface area contributed by atoms with Crippen LogP contribution in [0.25, 0.3) is 0 Å². The highest BCUT2D eigenvalue weighted by Gasteiger charge is 2.32. The predicted molar refractivity (Wildman–Crippen MR) is 88.2 cm³/mol. The summed E-state index contributed by atoms with van der Waals surface area (Å²) in [7, 11) is -3.38. The molecule has 2 atom stereocenters. The van der Waals surface area contributed by atoms with Crippen LogP contribution < -0.4 is 5.73 Å². The van der Waals surface area contributed by atoms with E-state index in [1.54, 1.807) is 10.4 Å². The fraction of sp³-hybridized carbons (Fsp3) is 0.647. The Bertz CT molecular complexity index is 640. The van der Waals surface area contributed by atoms with Gasteiger partial charge in [-0.05, 0) is 74.6 Å². The summed E-state index contributed by atoms with van der Waals surface area (Å²) in [5.74, 6) is 0.265. The first-order chi connectivity index (χ1) is 10.5. The smallest absolute Gasteiger partial charge is 0.243 e. The molecule has 1 fully saturated rings. The normalized spacial score (nSPS) is 24.7. The number of rotatable bonds is 3. The van der Waals surface area contributed by atoms with Crippen LogP contribution in [0.2, 0.25) is 0 Å². The molecule has 3 rings (SSSR count). The second-order valence-electron chi connectivity index (χ2n) is 6.76. The van der Waals surface area contributed by atoms with Crippen molar-refractivity contribution in [3.63, 3.8) is 0 Å². The Morgan fingerprint density at radius 2 is 1.91 bits per heavy atom. The van der Waals surface area contributed by atoms with Crippen molar-refractivity contribution in [3.8, 4) is 0 Å². The van der Waals surface area contributed by atoms with Crippen molar-refractivity contribution >= 4 is 10.0 Å². The molecule has 0 aromatic heterocycles. The largest absolute Gasteiger partial charge is 0.328 e. The molecule has 1 heterocycles. The molecule has 4 nitrogen and oxygen atoms in total. The summed E-state index contributed by atoms with van der Waals surface area (Å²) in [6, 6.07) is 5.74. The molecule has 22 heavy (non-hydrogen) atoms. The maximum Gasteiger partial charge on any atom is 0.243 e. The van der Waals surface area contributed by atoms with Crippen molar-refractivity contribution in [1.82, 2.24) is 4.31 Å². The molecule has 0 bridgehead atoms. The van der Waals surface area contributed by atoms with Crippen LogP contribution >= 0.6 is 0 Å². The number of piperidine rings is 1. The van der Waals surface area contributed by atoms with E-state index >= 15 is 0 Å². The summed E-state index contributed by atoms with van der Waals surface area (Å²) in [6.45, 7) is 3.14. The number of fused-ring (bicyclic) bond motifs is 1. The first-order valence-electron chi connectivity index (χ1n) is 8.36. The Balaban J connectivity index is 1.86. The topological polar surface area (TPSA) is 63.4 Å². The molecule has 1 aliphatic carbocycles. The van der Waals surface area contributed by atoms with Crippen molar-refractivity contribution in [3.05, 3.63) is 29.3 Å². The van der Waals surface area contributed by atoms with Crippen LogP contribution in [-0.4, -0.2) is 31.9 Å². The number of nitrogens with zero attached hydrogens (tertiary/aromatic N) is 1. The van der Waals surface area contributed by atoms with E-state index in [9.17, 15) is 8.42 Å². The Labute approximate surface area is 133 Å². The molecule has 2 aliphatic rings. The molecule has 5 heteroatoms. The molecule has 1 saturated heterocycles. The Kier molecular flexibility index (Phi) is 4.57. The van der Waals surface area contributed by atoms with E-state index in [4.69, 9.17) is 5.73 Å². The van der Waals surface area contributed by atoms with Crippen molar-refractivity contribution in [2.75, 3.05) is 13.1 Å². The van der Waals surface area contributed by atoms with Crippen LogP contribution in [0.5, 0.6) is 0 Å². The van der Waals surface area contributed by atoms with Crippen LogP contribution in [0.1, 0.15) is 43.7 Å². The minimum atomic E-state index is -3.38. The average Bonchev–Trinajstić information content (AvgIpc) is 2.54. The summed E-state index contributed by atoms with van der Waals surface area (Å²) in [5, 5.41) is 0. The van der Waals surface area contributed by atoms with Gasteiger partial charge in [0.05, 0.1) is 4.90 Å². The minimum Gasteiger partial charge on any atom is -0.328 e. The van der Waals surface area contributed by atoms with E-state index in [2.05, 4.69) is 0 Å². The Hall–Kier alpha value is -0.910. The first kappa shape index (κ1) is 16.0. The van der Waals surface area contributed by atoms with Crippen molar-refractivity contribution < 1.29 is 8.42 Å². The van der Waals surface area contributed by atoms with Gasteiger partial charge in [-0.15, -0.1) is 0 Å². The SMILES string of the molecule is CC(N)C1CCCN(S(=O)(=O)c2ccc3c(c2)CCCC3)C1. The molecule has 2 unspecified atom stereocenters. The second-order valence-corrected chi connectivity index (χ2v) is 8.70. The zero-order valence-corrected chi connectivity index (χ0v) is 14.1. The minimum absolute atomic E-state index is 0.0431. The van der Waals surface area contributed by atoms with Gasteiger partial charge in [0, 0.05) is 19.1 Å². The van der Waals surface area contributed by atoms with Crippen molar-refractivity contribution in [1.29, 1.82) is 0 Å². The quantitative estimate of drug-likeness (QED) is 0.929. The monoisotopic (exact) mass is 322 g/mol. The second kappa shape index (κ2) is 6.30. The van der Waals surface area contributed by atoms with Gasteiger partial charge in [0.15, 0.2) is 0 Å². The highest BCUT2D eigenvalue weighted by molar-refractivity contribution is 7.89. The Morgan fingerprint density at radius 1 is 1.18 bits per heavy atom. The maximum absolute atomic E-state index is 12.9. The van der Waals surface area contributed by atoms with E-state index in [0.717, 1.165) is 32.1 Å². The third kappa shape index (κ3) is 3.07. The van der Waals surface area contributed by atoms with Crippen LogP contribution in [-0.2, 0) is 22.9 Å². The zero-order chi connectivity index (χ0) is 15.7. The molecule has 0 amide bonds. The van der Waals surface area contributed by atoms with E-state index < -0.39 is 10.0 Å². The molecule has 1 aromatic rings. The number of hydrogen-bond acceptors (Lipinski definition) is 3. The van der Waals surface area contributed by atoms with Gasteiger partial charge in [0.25, 0.3) is 0 Å². The third-order valence-electron chi connectivity index (χ3n) is 5.12. The lowest BCUT2D eigenvalue weighted by atomic mass is 9.92. The van der Waals surface area contributed by atoms with Gasteiger partial charge in [-0.25, -0.2) is 8.42 Å². The lowest BCUT2D eigenvalue weighted by molar-refractivity contribution is 0.243. The molecule has 0 saturated carbocycles. The molecule has 0 radical (unpaired) electrons. The van der Waals surface area contributed by atoms with E-state index in [0.29, 0.717) is 18.0 Å². The van der Waals surface area contributed by atoms with Crippen LogP contribution in [0.15, 0.2) is 23.1 Å². The van der Waals surface area contributed by atoms with Gasteiger partial charge in [0.1, 0.15) is 0 Å². The highest BCUT2D eigenvalue weighted by atomic mass is 32.2. The maximum atomic E-state index is 12.9. The summed E-state index contributed by atoms with van der Waals surface area (Å²) in [6.07, 6.45) is 6.37. The van der Waals surface area contributed by atoms with Crippen molar-refractivity contribution in [2.24, 2.45) is 11.7 Å². The number of hydrogen-bond donors (Lipinski definition) is 1. The van der Waals surface area contributed by atoms with E-state index in [1.165, 1.54) is 17.5 Å². The number of nitrogens with two attached hydrogens (primary N) is 1. The lowest BCUT2D eigenvalue weighted by Gasteiger charge is -2.34. The van der Waals surface area contributed by atoms with Gasteiger partial charge in [-0.1, -0.05) is 6.07 Å². The Morgan fingerprint density at radius 3 is 2.64 bits per heavy atom. The summed E-state index contributed by atoms with van der Waals surface area (Å²) < 4.78 is 27.5. The zero-order valence-electron chi connectivity index (χ0n) is 13.3. The predicted octanol–water partition coefficient (Wildman–Crippen LogP) is 2.31. The first-order valence-corrected chi connectivity index (χ1v) is 9.80. The van der Waals surface area contributed by atoms with Crippen LogP contribution in [0.4, 0.5) is 0 Å². The van der Waals surface area contributed by atoms with Gasteiger partial charge < -0.3 is 5.73 Å². The van der Waals surface area contributed by atoms with Gasteiger partial charge in [-0.3, -0.25) is 0 Å². The summed E-state index contributed by atoms with van der Waals surface area (Å²) >= 11 is 0. The molecular formula is C17H26N2O2S. The molecule has 0 spiro atoms. The number of aryl methyl sites for hydroxylation is 2. The van der Waals surface area contributed by atoms with Gasteiger partial charge >= 0.3 is 0 Å². The van der Waals surface area contributed by atoms with Crippen LogP contribution in [0.3, 0.4) is 0 Å². The molecule has 1 aliphatic heterocycles. The molecular weight excluding hydrogens is 296 g/mol. The van der Waals surface area contributed by atoms with Gasteiger partial charge in [-0.2, -0.15) is 4.31 Å². The standard InChI is InChI=1S/C17H26N2O2S/c1-13(18)16-7-4-10-19(12-16)22(20,21)17-9-8-14-5-2-3-6-15(14)11-17/h8-9,11,13,16H,2-7,10,12,18H2,1H3. The van der Waals surface area contributed by atoms with Crippen LogP contribution in [0, 0.1) is 5.92 Å². The molecule has 2 N–H and O–H groups in total. The average molecular weight is 322 g/mol. The molecule has 122 valence electrons. The summed E-state index contributed by atoms with van der Waals surface area (Å²) in [4.78, 5) is 0.457. The van der Waals surface area contributed by atoms with E-state index in [-0.39, 0.29) is 12.0 Å². The third-order valence-corrected chi connectivity index (χ3v) is 6.98. The fourth-order valence-electron chi connectivity index (χ4n) is 3.64. The number of sulfonamides is 1. The highest BCUT2D eigenvalue weighted by Crippen LogP contribution is 2.28.